The standard InChI is InChI=1S/C11H10N2O4/c1-2-16-11(15)8(6-12)7-13-10(14)9-4-3-5-17-9/h3-5,7H,2H2,1H3,(H,13,14)/b8-7-. The average molecular weight is 234 g/mol. The zero-order chi connectivity index (χ0) is 12.7. The second-order valence-electron chi connectivity index (χ2n) is 2.84. The van der Waals surface area contributed by atoms with E-state index in [1.54, 1.807) is 19.1 Å². The van der Waals surface area contributed by atoms with Crippen molar-refractivity contribution in [2.45, 2.75) is 6.92 Å². The molecule has 0 saturated heterocycles. The lowest BCUT2D eigenvalue weighted by molar-refractivity contribution is -0.138. The molecule has 0 radical (unpaired) electrons. The molecule has 17 heavy (non-hydrogen) atoms. The molecule has 0 fully saturated rings. The first-order chi connectivity index (χ1) is 8.19. The summed E-state index contributed by atoms with van der Waals surface area (Å²) >= 11 is 0. The van der Waals surface area contributed by atoms with Gasteiger partial charge in [-0.25, -0.2) is 4.79 Å². The van der Waals surface area contributed by atoms with Gasteiger partial charge in [-0.2, -0.15) is 5.26 Å². The largest absolute Gasteiger partial charge is 0.462 e. The number of rotatable bonds is 4. The highest BCUT2D eigenvalue weighted by molar-refractivity contribution is 5.95. The Balaban J connectivity index is 2.66. The number of esters is 1. The first-order valence-corrected chi connectivity index (χ1v) is 4.80. The third-order valence-corrected chi connectivity index (χ3v) is 1.71. The van der Waals surface area contributed by atoms with Crippen LogP contribution in [-0.2, 0) is 9.53 Å². The van der Waals surface area contributed by atoms with Crippen molar-refractivity contribution >= 4 is 11.9 Å². The van der Waals surface area contributed by atoms with E-state index < -0.39 is 11.9 Å². The van der Waals surface area contributed by atoms with Crippen molar-refractivity contribution in [1.29, 1.82) is 5.26 Å². The van der Waals surface area contributed by atoms with Gasteiger partial charge in [0.15, 0.2) is 11.3 Å². The van der Waals surface area contributed by atoms with Gasteiger partial charge in [-0.05, 0) is 19.1 Å². The molecule has 1 aromatic rings. The molecule has 0 spiro atoms. The Labute approximate surface area is 97.5 Å². The maximum atomic E-state index is 11.4. The van der Waals surface area contributed by atoms with Gasteiger partial charge in [0.25, 0.3) is 5.91 Å². The van der Waals surface area contributed by atoms with E-state index >= 15 is 0 Å². The van der Waals surface area contributed by atoms with Crippen molar-refractivity contribution in [3.05, 3.63) is 35.9 Å². The smallest absolute Gasteiger partial charge is 0.350 e. The Kier molecular flexibility index (Phi) is 4.51. The molecule has 1 rings (SSSR count). The summed E-state index contributed by atoms with van der Waals surface area (Å²) in [6, 6.07) is 4.64. The van der Waals surface area contributed by atoms with Crippen LogP contribution in [-0.4, -0.2) is 18.5 Å². The van der Waals surface area contributed by atoms with Gasteiger partial charge >= 0.3 is 5.97 Å². The van der Waals surface area contributed by atoms with E-state index in [-0.39, 0.29) is 17.9 Å². The highest BCUT2D eigenvalue weighted by atomic mass is 16.5. The van der Waals surface area contributed by atoms with Gasteiger partial charge in [0, 0.05) is 6.20 Å². The third-order valence-electron chi connectivity index (χ3n) is 1.71. The molecule has 1 aromatic heterocycles. The fourth-order valence-electron chi connectivity index (χ4n) is 0.962. The van der Waals surface area contributed by atoms with Gasteiger partial charge < -0.3 is 14.5 Å². The molecule has 0 aliphatic heterocycles. The predicted octanol–water partition coefficient (Wildman–Crippen LogP) is 0.980. The van der Waals surface area contributed by atoms with Gasteiger partial charge in [-0.15, -0.1) is 0 Å². The first kappa shape index (κ1) is 12.5. The van der Waals surface area contributed by atoms with Crippen LogP contribution in [0.2, 0.25) is 0 Å². The summed E-state index contributed by atoms with van der Waals surface area (Å²) in [4.78, 5) is 22.6. The second kappa shape index (κ2) is 6.12. The van der Waals surface area contributed by atoms with Gasteiger partial charge in [0.1, 0.15) is 6.07 Å². The van der Waals surface area contributed by atoms with E-state index in [9.17, 15) is 9.59 Å². The van der Waals surface area contributed by atoms with Crippen LogP contribution in [0.25, 0.3) is 0 Å². The number of hydrogen-bond acceptors (Lipinski definition) is 5. The molecular weight excluding hydrogens is 224 g/mol. The van der Waals surface area contributed by atoms with Gasteiger partial charge in [0.05, 0.1) is 12.9 Å². The van der Waals surface area contributed by atoms with Crippen LogP contribution in [0.3, 0.4) is 0 Å². The SMILES string of the molecule is CCOC(=O)/C(C#N)=C\NC(=O)c1ccco1. The summed E-state index contributed by atoms with van der Waals surface area (Å²) in [6.07, 6.45) is 2.33. The maximum Gasteiger partial charge on any atom is 0.350 e. The Bertz CT molecular complexity index is 468. The molecule has 88 valence electrons. The van der Waals surface area contributed by atoms with Crippen molar-refractivity contribution in [3.63, 3.8) is 0 Å². The molecule has 0 atom stereocenters. The van der Waals surface area contributed by atoms with Crippen molar-refractivity contribution in [2.75, 3.05) is 6.61 Å². The summed E-state index contributed by atoms with van der Waals surface area (Å²) in [5, 5.41) is 10.9. The molecule has 6 nitrogen and oxygen atoms in total. The van der Waals surface area contributed by atoms with Crippen LogP contribution in [0.5, 0.6) is 0 Å². The topological polar surface area (TPSA) is 92.3 Å². The predicted molar refractivity (Wildman–Crippen MR) is 56.5 cm³/mol. The second-order valence-corrected chi connectivity index (χ2v) is 2.84. The summed E-state index contributed by atoms with van der Waals surface area (Å²) in [5.74, 6) is -1.25. The van der Waals surface area contributed by atoms with Crippen LogP contribution in [0.15, 0.2) is 34.6 Å². The van der Waals surface area contributed by atoms with Gasteiger partial charge in [0.2, 0.25) is 0 Å². The number of nitrogens with zero attached hydrogens (tertiary/aromatic N) is 1. The summed E-state index contributed by atoms with van der Waals surface area (Å²) < 4.78 is 9.44. The van der Waals surface area contributed by atoms with E-state index in [0.717, 1.165) is 6.20 Å². The van der Waals surface area contributed by atoms with Crippen LogP contribution in [0.1, 0.15) is 17.5 Å². The molecule has 6 heteroatoms. The molecule has 0 bridgehead atoms. The molecule has 0 aliphatic rings. The monoisotopic (exact) mass is 234 g/mol. The van der Waals surface area contributed by atoms with E-state index in [1.165, 1.54) is 12.3 Å². The third kappa shape index (κ3) is 3.50. The lowest BCUT2D eigenvalue weighted by Crippen LogP contribution is -2.19. The molecule has 0 saturated carbocycles. The minimum Gasteiger partial charge on any atom is -0.462 e. The lowest BCUT2D eigenvalue weighted by Gasteiger charge is -2.00. The van der Waals surface area contributed by atoms with E-state index in [0.29, 0.717) is 0 Å². The Hall–Kier alpha value is -2.55. The van der Waals surface area contributed by atoms with Gasteiger partial charge in [-0.1, -0.05) is 0 Å². The first-order valence-electron chi connectivity index (χ1n) is 4.80. The molecule has 0 aromatic carbocycles. The Morgan fingerprint density at radius 2 is 2.41 bits per heavy atom. The number of carbonyl (C=O) groups is 2. The van der Waals surface area contributed by atoms with Crippen molar-refractivity contribution in [1.82, 2.24) is 5.32 Å². The van der Waals surface area contributed by atoms with Crippen molar-refractivity contribution in [3.8, 4) is 6.07 Å². The summed E-state index contributed by atoms with van der Waals surface area (Å²) in [5.41, 5.74) is -0.285. The lowest BCUT2D eigenvalue weighted by atomic mass is 10.3. The summed E-state index contributed by atoms with van der Waals surface area (Å²) in [7, 11) is 0. The normalized spacial score (nSPS) is 10.5. The van der Waals surface area contributed by atoms with Crippen molar-refractivity contribution < 1.29 is 18.7 Å². The van der Waals surface area contributed by atoms with E-state index in [2.05, 4.69) is 10.1 Å². The van der Waals surface area contributed by atoms with Crippen LogP contribution in [0, 0.1) is 11.3 Å². The number of carbonyl (C=O) groups excluding carboxylic acids is 2. The van der Waals surface area contributed by atoms with Gasteiger partial charge in [-0.3, -0.25) is 4.79 Å². The fourth-order valence-corrected chi connectivity index (χ4v) is 0.962. The molecule has 1 amide bonds. The Morgan fingerprint density at radius 1 is 1.65 bits per heavy atom. The minimum atomic E-state index is -0.783. The number of nitriles is 1. The van der Waals surface area contributed by atoms with E-state index in [1.807, 2.05) is 0 Å². The molecular formula is C11H10N2O4. The maximum absolute atomic E-state index is 11.4. The number of nitrogens with one attached hydrogen (secondary N) is 1. The highest BCUT2D eigenvalue weighted by Crippen LogP contribution is 2.00. The number of ether oxygens (including phenoxy) is 1. The molecule has 1 heterocycles. The molecule has 0 aliphatic carbocycles. The van der Waals surface area contributed by atoms with Crippen LogP contribution < -0.4 is 5.32 Å². The molecule has 1 N–H and O–H groups in total. The zero-order valence-electron chi connectivity index (χ0n) is 9.10. The minimum absolute atomic E-state index is 0.0856. The average Bonchev–Trinajstić information content (AvgIpc) is 2.83. The van der Waals surface area contributed by atoms with Crippen LogP contribution in [0.4, 0.5) is 0 Å². The molecule has 0 unspecified atom stereocenters. The fraction of sp³-hybridized carbons (Fsp3) is 0.182. The quantitative estimate of drug-likeness (QED) is 0.476. The Morgan fingerprint density at radius 3 is 2.94 bits per heavy atom. The number of amides is 1. The number of furan rings is 1. The highest BCUT2D eigenvalue weighted by Gasteiger charge is 2.11. The number of hydrogen-bond donors (Lipinski definition) is 1. The summed E-state index contributed by atoms with van der Waals surface area (Å²) in [6.45, 7) is 1.78. The van der Waals surface area contributed by atoms with E-state index in [4.69, 9.17) is 9.68 Å². The van der Waals surface area contributed by atoms with Crippen LogP contribution >= 0.6 is 0 Å². The zero-order valence-corrected chi connectivity index (χ0v) is 9.10. The van der Waals surface area contributed by atoms with Crippen molar-refractivity contribution in [2.24, 2.45) is 0 Å².